The number of rotatable bonds is 6. The van der Waals surface area contributed by atoms with E-state index in [1.54, 1.807) is 25.1 Å². The molecule has 29 heavy (non-hydrogen) atoms. The van der Waals surface area contributed by atoms with Gasteiger partial charge in [-0.2, -0.15) is 4.31 Å². The summed E-state index contributed by atoms with van der Waals surface area (Å²) in [6.07, 6.45) is 1.30. The molecular formula is C22H28N2O4S. The number of anilines is 1. The minimum absolute atomic E-state index is 0.179. The van der Waals surface area contributed by atoms with Gasteiger partial charge >= 0.3 is 0 Å². The van der Waals surface area contributed by atoms with Crippen LogP contribution in [0.2, 0.25) is 0 Å². The van der Waals surface area contributed by atoms with Gasteiger partial charge in [0.1, 0.15) is 5.75 Å². The number of para-hydroxylation sites is 2. The van der Waals surface area contributed by atoms with Gasteiger partial charge in [0.25, 0.3) is 0 Å². The van der Waals surface area contributed by atoms with Crippen molar-refractivity contribution in [2.45, 2.75) is 38.5 Å². The maximum Gasteiger partial charge on any atom is 0.243 e. The topological polar surface area (TPSA) is 75.7 Å². The summed E-state index contributed by atoms with van der Waals surface area (Å²) in [4.78, 5) is 13.2. The van der Waals surface area contributed by atoms with Gasteiger partial charge in [0.05, 0.1) is 23.1 Å². The average Bonchev–Trinajstić information content (AvgIpc) is 2.71. The van der Waals surface area contributed by atoms with Crippen LogP contribution in [0.25, 0.3) is 0 Å². The maximum atomic E-state index is 13.2. The number of carbonyl (C=O) groups is 1. The summed E-state index contributed by atoms with van der Waals surface area (Å²) in [5, 5.41) is 2.91. The maximum absolute atomic E-state index is 13.2. The molecule has 0 spiro atoms. The van der Waals surface area contributed by atoms with Gasteiger partial charge in [0, 0.05) is 13.1 Å². The van der Waals surface area contributed by atoms with Crippen LogP contribution < -0.4 is 10.1 Å². The third kappa shape index (κ3) is 4.79. The van der Waals surface area contributed by atoms with Crippen LogP contribution in [0, 0.1) is 19.8 Å². The van der Waals surface area contributed by atoms with Gasteiger partial charge in [-0.25, -0.2) is 8.42 Å². The van der Waals surface area contributed by atoms with E-state index in [0.717, 1.165) is 5.56 Å². The van der Waals surface area contributed by atoms with Gasteiger partial charge in [0.15, 0.2) is 0 Å². The molecule has 0 radical (unpaired) electrons. The Hall–Kier alpha value is -2.38. The molecule has 0 aliphatic carbocycles. The molecule has 2 aromatic carbocycles. The molecule has 1 aliphatic rings. The monoisotopic (exact) mass is 416 g/mol. The zero-order valence-electron chi connectivity index (χ0n) is 17.1. The Bertz CT molecular complexity index is 988. The molecule has 2 aromatic rings. The predicted molar refractivity (Wildman–Crippen MR) is 114 cm³/mol. The molecule has 1 fully saturated rings. The lowest BCUT2D eigenvalue weighted by molar-refractivity contribution is -0.120. The molecular weight excluding hydrogens is 388 g/mol. The van der Waals surface area contributed by atoms with Crippen LogP contribution in [-0.4, -0.2) is 38.3 Å². The fraction of sp³-hybridized carbons (Fsp3) is 0.409. The molecule has 1 heterocycles. The van der Waals surface area contributed by atoms with Gasteiger partial charge in [-0.1, -0.05) is 24.3 Å². The van der Waals surface area contributed by atoms with Crippen molar-refractivity contribution in [3.05, 3.63) is 53.6 Å². The fourth-order valence-corrected chi connectivity index (χ4v) is 5.42. The number of nitrogens with zero attached hydrogens (tertiary/aromatic N) is 1. The lowest BCUT2D eigenvalue weighted by Crippen LogP contribution is -2.43. The number of sulfonamides is 1. The number of nitrogens with one attached hydrogen (secondary N) is 1. The zero-order valence-corrected chi connectivity index (χ0v) is 18.0. The summed E-state index contributed by atoms with van der Waals surface area (Å²) < 4.78 is 33.4. The summed E-state index contributed by atoms with van der Waals surface area (Å²) >= 11 is 0. The molecule has 0 bridgehead atoms. The highest BCUT2D eigenvalue weighted by Gasteiger charge is 2.34. The lowest BCUT2D eigenvalue weighted by Gasteiger charge is -2.31. The van der Waals surface area contributed by atoms with Crippen molar-refractivity contribution in [2.75, 3.05) is 25.0 Å². The summed E-state index contributed by atoms with van der Waals surface area (Å²) in [5.74, 6) is 0.0235. The summed E-state index contributed by atoms with van der Waals surface area (Å²) in [5.41, 5.74) is 2.22. The van der Waals surface area contributed by atoms with E-state index >= 15 is 0 Å². The van der Waals surface area contributed by atoms with E-state index in [4.69, 9.17) is 4.74 Å². The first-order chi connectivity index (χ1) is 13.8. The number of hydrogen-bond donors (Lipinski definition) is 1. The quantitative estimate of drug-likeness (QED) is 0.778. The second-order valence-corrected chi connectivity index (χ2v) is 9.30. The minimum atomic E-state index is -3.64. The van der Waals surface area contributed by atoms with Crippen molar-refractivity contribution in [2.24, 2.45) is 5.92 Å². The highest BCUT2D eigenvalue weighted by molar-refractivity contribution is 7.89. The Morgan fingerprint density at radius 1 is 1.21 bits per heavy atom. The number of aryl methyl sites for hydroxylation is 2. The second-order valence-electron chi connectivity index (χ2n) is 7.39. The highest BCUT2D eigenvalue weighted by atomic mass is 32.2. The normalized spacial score (nSPS) is 17.7. The van der Waals surface area contributed by atoms with E-state index in [1.807, 2.05) is 38.1 Å². The van der Waals surface area contributed by atoms with Crippen molar-refractivity contribution < 1.29 is 17.9 Å². The molecule has 6 nitrogen and oxygen atoms in total. The van der Waals surface area contributed by atoms with Crippen LogP contribution in [-0.2, 0) is 14.8 Å². The van der Waals surface area contributed by atoms with Crippen LogP contribution in [0.15, 0.2) is 47.4 Å². The summed E-state index contributed by atoms with van der Waals surface area (Å²) in [6, 6.07) is 12.7. The summed E-state index contributed by atoms with van der Waals surface area (Å²) in [7, 11) is -3.64. The van der Waals surface area contributed by atoms with Crippen molar-refractivity contribution in [1.29, 1.82) is 0 Å². The van der Waals surface area contributed by atoms with Gasteiger partial charge in [-0.15, -0.1) is 0 Å². The first kappa shape index (κ1) is 21.3. The lowest BCUT2D eigenvalue weighted by atomic mass is 9.98. The first-order valence-corrected chi connectivity index (χ1v) is 11.4. The largest absolute Gasteiger partial charge is 0.492 e. The molecule has 0 aromatic heterocycles. The van der Waals surface area contributed by atoms with Crippen LogP contribution in [0.1, 0.15) is 30.9 Å². The highest BCUT2D eigenvalue weighted by Crippen LogP contribution is 2.29. The fourth-order valence-electron chi connectivity index (χ4n) is 3.59. The molecule has 0 saturated carbocycles. The Balaban J connectivity index is 1.77. The molecule has 1 saturated heterocycles. The minimum Gasteiger partial charge on any atom is -0.492 e. The number of benzene rings is 2. The molecule has 7 heteroatoms. The molecule has 1 atom stereocenters. The number of carbonyl (C=O) groups excluding carboxylic acids is 1. The van der Waals surface area contributed by atoms with Crippen LogP contribution in [0.5, 0.6) is 5.75 Å². The molecule has 1 amide bonds. The van der Waals surface area contributed by atoms with E-state index in [2.05, 4.69) is 5.32 Å². The number of hydrogen-bond acceptors (Lipinski definition) is 4. The van der Waals surface area contributed by atoms with Crippen molar-refractivity contribution in [3.63, 3.8) is 0 Å². The number of piperidine rings is 1. The average molecular weight is 417 g/mol. The van der Waals surface area contributed by atoms with Gasteiger partial charge < -0.3 is 10.1 Å². The molecule has 1 N–H and O–H groups in total. The first-order valence-electron chi connectivity index (χ1n) is 9.93. The van der Waals surface area contributed by atoms with Gasteiger partial charge in [0.2, 0.25) is 15.9 Å². The predicted octanol–water partition coefficient (Wildman–Crippen LogP) is 3.74. The van der Waals surface area contributed by atoms with E-state index in [9.17, 15) is 13.2 Å². The van der Waals surface area contributed by atoms with Crippen LogP contribution in [0.3, 0.4) is 0 Å². The van der Waals surface area contributed by atoms with E-state index in [-0.39, 0.29) is 12.5 Å². The Labute approximate surface area is 172 Å². The van der Waals surface area contributed by atoms with Gasteiger partial charge in [-0.05, 0) is 62.9 Å². The third-order valence-corrected chi connectivity index (χ3v) is 7.17. The SMILES string of the molecule is CCOc1ccccc1NC(=O)C1CCCN(S(=O)(=O)c2cc(C)ccc2C)C1. The Kier molecular flexibility index (Phi) is 6.59. The number of amides is 1. The van der Waals surface area contributed by atoms with E-state index in [1.165, 1.54) is 4.31 Å². The second kappa shape index (κ2) is 8.97. The van der Waals surface area contributed by atoms with Crippen molar-refractivity contribution in [1.82, 2.24) is 4.31 Å². The molecule has 1 aliphatic heterocycles. The Morgan fingerprint density at radius 3 is 2.72 bits per heavy atom. The third-order valence-electron chi connectivity index (χ3n) is 5.16. The van der Waals surface area contributed by atoms with E-state index < -0.39 is 15.9 Å². The molecule has 156 valence electrons. The number of ether oxygens (including phenoxy) is 1. The van der Waals surface area contributed by atoms with Crippen molar-refractivity contribution in [3.8, 4) is 5.75 Å². The van der Waals surface area contributed by atoms with Crippen molar-refractivity contribution >= 4 is 21.6 Å². The Morgan fingerprint density at radius 2 is 1.97 bits per heavy atom. The summed E-state index contributed by atoms with van der Waals surface area (Å²) in [6.45, 7) is 6.66. The van der Waals surface area contributed by atoms with Gasteiger partial charge in [-0.3, -0.25) is 4.79 Å². The smallest absolute Gasteiger partial charge is 0.243 e. The van der Waals surface area contributed by atoms with E-state index in [0.29, 0.717) is 47.9 Å². The standard InChI is InChI=1S/C22H28N2O4S/c1-4-28-20-10-6-5-9-19(20)23-22(25)18-8-7-13-24(15-18)29(26,27)21-14-16(2)11-12-17(21)3/h5-6,9-12,14,18H,4,7-8,13,15H2,1-3H3,(H,23,25). The van der Waals surface area contributed by atoms with Crippen LogP contribution >= 0.6 is 0 Å². The van der Waals surface area contributed by atoms with Crippen LogP contribution in [0.4, 0.5) is 5.69 Å². The zero-order chi connectivity index (χ0) is 21.0. The molecule has 3 rings (SSSR count). The molecule has 1 unspecified atom stereocenters.